The van der Waals surface area contributed by atoms with Gasteiger partial charge >= 0.3 is 0 Å². The first kappa shape index (κ1) is 15.9. The van der Waals surface area contributed by atoms with Crippen LogP contribution in [-0.4, -0.2) is 57.0 Å². The largest absolute Gasteiger partial charge is 0.315 e. The summed E-state index contributed by atoms with van der Waals surface area (Å²) in [7, 11) is -0.835. The number of rotatable bonds is 5. The molecule has 1 atom stereocenters. The molecule has 1 fully saturated rings. The third-order valence-electron chi connectivity index (χ3n) is 3.64. The van der Waals surface area contributed by atoms with Crippen molar-refractivity contribution in [1.82, 2.24) is 10.2 Å². The molecular formula is C13H28N2O2S. The van der Waals surface area contributed by atoms with E-state index in [1.807, 2.05) is 0 Å². The number of nitrogens with one attached hydrogen (secondary N) is 1. The van der Waals surface area contributed by atoms with Gasteiger partial charge in [0.1, 0.15) is 0 Å². The van der Waals surface area contributed by atoms with E-state index >= 15 is 0 Å². The second-order valence-corrected chi connectivity index (χ2v) is 9.27. The number of likely N-dealkylation sites (tertiary alicyclic amines) is 1. The molecule has 0 saturated carbocycles. The van der Waals surface area contributed by atoms with Crippen molar-refractivity contribution in [2.24, 2.45) is 5.92 Å². The maximum absolute atomic E-state index is 11.9. The third-order valence-corrected chi connectivity index (χ3v) is 6.24. The van der Waals surface area contributed by atoms with Crippen LogP contribution in [-0.2, 0) is 9.84 Å². The zero-order chi connectivity index (χ0) is 13.8. The summed E-state index contributed by atoms with van der Waals surface area (Å²) in [6.07, 6.45) is 2.51. The lowest BCUT2D eigenvalue weighted by Gasteiger charge is -2.29. The Labute approximate surface area is 112 Å². The lowest BCUT2D eigenvalue weighted by atomic mass is 9.98. The molecule has 1 heterocycles. The van der Waals surface area contributed by atoms with Crippen molar-refractivity contribution in [2.45, 2.75) is 38.4 Å². The van der Waals surface area contributed by atoms with E-state index in [2.05, 4.69) is 17.3 Å². The van der Waals surface area contributed by atoms with Gasteiger partial charge in [-0.05, 0) is 59.7 Å². The second kappa shape index (κ2) is 6.35. The van der Waals surface area contributed by atoms with Crippen molar-refractivity contribution in [3.05, 3.63) is 0 Å². The van der Waals surface area contributed by atoms with Crippen molar-refractivity contribution in [2.75, 3.05) is 39.0 Å². The number of sulfone groups is 1. The Bertz CT molecular complexity index is 346. The van der Waals surface area contributed by atoms with Crippen LogP contribution in [0, 0.1) is 5.92 Å². The van der Waals surface area contributed by atoms with E-state index in [1.54, 1.807) is 20.8 Å². The lowest BCUT2D eigenvalue weighted by Crippen LogP contribution is -2.39. The molecule has 1 saturated heterocycles. The quantitative estimate of drug-likeness (QED) is 0.765. The minimum Gasteiger partial charge on any atom is -0.315 e. The van der Waals surface area contributed by atoms with Crippen LogP contribution in [0.1, 0.15) is 33.6 Å². The van der Waals surface area contributed by atoms with E-state index in [1.165, 1.54) is 19.4 Å². The highest BCUT2D eigenvalue weighted by atomic mass is 32.2. The van der Waals surface area contributed by atoms with Gasteiger partial charge in [0, 0.05) is 13.1 Å². The zero-order valence-corrected chi connectivity index (χ0v) is 13.0. The van der Waals surface area contributed by atoms with Gasteiger partial charge in [-0.25, -0.2) is 8.42 Å². The van der Waals surface area contributed by atoms with Gasteiger partial charge in [-0.15, -0.1) is 0 Å². The van der Waals surface area contributed by atoms with Gasteiger partial charge in [0.25, 0.3) is 0 Å². The second-order valence-electron chi connectivity index (χ2n) is 6.41. The molecular weight excluding hydrogens is 248 g/mol. The Morgan fingerprint density at radius 2 is 2.00 bits per heavy atom. The van der Waals surface area contributed by atoms with Crippen molar-refractivity contribution in [3.63, 3.8) is 0 Å². The number of piperidine rings is 1. The van der Waals surface area contributed by atoms with Crippen LogP contribution in [0.2, 0.25) is 0 Å². The summed E-state index contributed by atoms with van der Waals surface area (Å²) >= 11 is 0. The first-order valence-corrected chi connectivity index (χ1v) is 8.49. The van der Waals surface area contributed by atoms with Crippen LogP contribution in [0.4, 0.5) is 0 Å². The highest BCUT2D eigenvalue weighted by molar-refractivity contribution is 7.92. The number of hydrogen-bond donors (Lipinski definition) is 1. The minimum absolute atomic E-state index is 0.235. The molecule has 1 aliphatic heterocycles. The first-order valence-electron chi connectivity index (χ1n) is 6.84. The van der Waals surface area contributed by atoms with Crippen molar-refractivity contribution >= 4 is 9.84 Å². The van der Waals surface area contributed by atoms with Crippen LogP contribution in [0.5, 0.6) is 0 Å². The Morgan fingerprint density at radius 1 is 1.33 bits per heavy atom. The van der Waals surface area contributed by atoms with Gasteiger partial charge in [-0.3, -0.25) is 0 Å². The summed E-state index contributed by atoms with van der Waals surface area (Å²) in [4.78, 5) is 2.35. The molecule has 1 rings (SSSR count). The topological polar surface area (TPSA) is 49.4 Å². The van der Waals surface area contributed by atoms with Gasteiger partial charge in [-0.1, -0.05) is 0 Å². The highest BCUT2D eigenvalue weighted by Gasteiger charge is 2.28. The molecule has 5 heteroatoms. The average Bonchev–Trinajstić information content (AvgIpc) is 2.23. The fourth-order valence-electron chi connectivity index (χ4n) is 2.26. The SMILES string of the molecule is CN1CCCC(CNCCS(=O)(=O)C(C)(C)C)C1. The minimum atomic E-state index is -2.98. The van der Waals surface area contributed by atoms with E-state index < -0.39 is 14.6 Å². The average molecular weight is 276 g/mol. The Morgan fingerprint density at radius 3 is 2.56 bits per heavy atom. The van der Waals surface area contributed by atoms with Gasteiger partial charge in [0.15, 0.2) is 9.84 Å². The molecule has 108 valence electrons. The van der Waals surface area contributed by atoms with Crippen LogP contribution >= 0.6 is 0 Å². The van der Waals surface area contributed by atoms with Gasteiger partial charge in [0.05, 0.1) is 10.5 Å². The summed E-state index contributed by atoms with van der Waals surface area (Å²) in [6, 6.07) is 0. The first-order chi connectivity index (χ1) is 8.22. The van der Waals surface area contributed by atoms with E-state index in [0.717, 1.165) is 13.1 Å². The molecule has 0 aromatic rings. The van der Waals surface area contributed by atoms with E-state index in [0.29, 0.717) is 12.5 Å². The standard InChI is InChI=1S/C13H28N2O2S/c1-13(2,3)18(16,17)9-7-14-10-12-6-5-8-15(4)11-12/h12,14H,5-11H2,1-4H3. The highest BCUT2D eigenvalue weighted by Crippen LogP contribution is 2.16. The van der Waals surface area contributed by atoms with Gasteiger partial charge in [0.2, 0.25) is 0 Å². The fourth-order valence-corrected chi connectivity index (χ4v) is 3.28. The lowest BCUT2D eigenvalue weighted by molar-refractivity contribution is 0.207. The molecule has 18 heavy (non-hydrogen) atoms. The molecule has 0 aromatic carbocycles. The summed E-state index contributed by atoms with van der Waals surface area (Å²) in [5.74, 6) is 0.903. The summed E-state index contributed by atoms with van der Waals surface area (Å²) in [5, 5.41) is 3.30. The zero-order valence-electron chi connectivity index (χ0n) is 12.2. The van der Waals surface area contributed by atoms with Gasteiger partial charge in [-0.2, -0.15) is 0 Å². The molecule has 0 radical (unpaired) electrons. The number of nitrogens with zero attached hydrogens (tertiary/aromatic N) is 1. The van der Waals surface area contributed by atoms with Crippen molar-refractivity contribution in [1.29, 1.82) is 0 Å². The molecule has 0 aliphatic carbocycles. The van der Waals surface area contributed by atoms with Crippen LogP contribution in [0.25, 0.3) is 0 Å². The fraction of sp³-hybridized carbons (Fsp3) is 1.00. The Hall–Kier alpha value is -0.130. The third kappa shape index (κ3) is 4.86. The van der Waals surface area contributed by atoms with E-state index in [-0.39, 0.29) is 5.75 Å². The number of hydrogen-bond acceptors (Lipinski definition) is 4. The predicted molar refractivity (Wildman–Crippen MR) is 76.6 cm³/mol. The molecule has 0 bridgehead atoms. The smallest absolute Gasteiger partial charge is 0.156 e. The summed E-state index contributed by atoms with van der Waals surface area (Å²) in [5.41, 5.74) is 0. The predicted octanol–water partition coefficient (Wildman–Crippen LogP) is 1.13. The summed E-state index contributed by atoms with van der Waals surface area (Å²) in [6.45, 7) is 9.10. The van der Waals surface area contributed by atoms with Crippen LogP contribution in [0.15, 0.2) is 0 Å². The van der Waals surface area contributed by atoms with Gasteiger partial charge < -0.3 is 10.2 Å². The molecule has 0 spiro atoms. The van der Waals surface area contributed by atoms with Crippen LogP contribution < -0.4 is 5.32 Å². The summed E-state index contributed by atoms with van der Waals surface area (Å²) < 4.78 is 23.2. The molecule has 1 aliphatic rings. The monoisotopic (exact) mass is 276 g/mol. The maximum atomic E-state index is 11.9. The molecule has 1 unspecified atom stereocenters. The maximum Gasteiger partial charge on any atom is 0.156 e. The molecule has 4 nitrogen and oxygen atoms in total. The van der Waals surface area contributed by atoms with Crippen molar-refractivity contribution < 1.29 is 8.42 Å². The van der Waals surface area contributed by atoms with Crippen molar-refractivity contribution in [3.8, 4) is 0 Å². The van der Waals surface area contributed by atoms with E-state index in [9.17, 15) is 8.42 Å². The molecule has 1 N–H and O–H groups in total. The van der Waals surface area contributed by atoms with Crippen LogP contribution in [0.3, 0.4) is 0 Å². The normalized spacial score (nSPS) is 23.2. The Kier molecular flexibility index (Phi) is 5.62. The molecule has 0 amide bonds. The molecule has 0 aromatic heterocycles. The van der Waals surface area contributed by atoms with E-state index in [4.69, 9.17) is 0 Å². The Balaban J connectivity index is 2.23.